The lowest BCUT2D eigenvalue weighted by Gasteiger charge is -2.30. The number of halogens is 1. The number of nitrogens with zero attached hydrogens (tertiary/aromatic N) is 3. The van der Waals surface area contributed by atoms with Crippen LogP contribution < -0.4 is 16.0 Å². The van der Waals surface area contributed by atoms with Gasteiger partial charge in [-0.25, -0.2) is 4.79 Å². The molecule has 0 bridgehead atoms. The Balaban J connectivity index is 1.88. The molecule has 0 saturated carbocycles. The smallest absolute Gasteiger partial charge is 0.331 e. The van der Waals surface area contributed by atoms with Crippen molar-refractivity contribution in [3.8, 4) is 22.7 Å². The van der Waals surface area contributed by atoms with Crippen LogP contribution in [0.25, 0.3) is 27.8 Å². The average molecular weight is 498 g/mol. The fraction of sp³-hybridized carbons (Fsp3) is 0.172. The van der Waals surface area contributed by atoms with Gasteiger partial charge in [0.15, 0.2) is 6.10 Å². The molecule has 6 rings (SSSR count). The highest BCUT2D eigenvalue weighted by Crippen LogP contribution is 2.47. The van der Waals surface area contributed by atoms with Crippen LogP contribution in [0.3, 0.4) is 0 Å². The van der Waals surface area contributed by atoms with Crippen LogP contribution in [0.1, 0.15) is 28.5 Å². The molecule has 3 heterocycles. The van der Waals surface area contributed by atoms with E-state index in [2.05, 4.69) is 4.57 Å². The van der Waals surface area contributed by atoms with E-state index in [1.807, 2.05) is 80.6 Å². The third-order valence-corrected chi connectivity index (χ3v) is 7.31. The van der Waals surface area contributed by atoms with Gasteiger partial charge in [-0.15, -0.1) is 0 Å². The number of rotatable bonds is 2. The summed E-state index contributed by atoms with van der Waals surface area (Å²) in [5.74, 6) is 0.675. The van der Waals surface area contributed by atoms with E-state index in [1.54, 1.807) is 7.05 Å². The summed E-state index contributed by atoms with van der Waals surface area (Å²) in [7, 11) is 3.21. The molecule has 6 nitrogen and oxygen atoms in total. The zero-order chi connectivity index (χ0) is 25.3. The van der Waals surface area contributed by atoms with Crippen molar-refractivity contribution in [3.63, 3.8) is 0 Å². The van der Waals surface area contributed by atoms with Crippen LogP contribution in [-0.2, 0) is 14.1 Å². The van der Waals surface area contributed by atoms with Gasteiger partial charge in [0.05, 0.1) is 28.0 Å². The maximum atomic E-state index is 13.7. The fourth-order valence-electron chi connectivity index (χ4n) is 5.16. The van der Waals surface area contributed by atoms with E-state index in [0.29, 0.717) is 27.4 Å². The van der Waals surface area contributed by atoms with E-state index in [4.69, 9.17) is 16.3 Å². The number of aromatic nitrogens is 3. The Morgan fingerprint density at radius 2 is 1.56 bits per heavy atom. The van der Waals surface area contributed by atoms with Crippen molar-refractivity contribution >= 4 is 22.5 Å². The van der Waals surface area contributed by atoms with Gasteiger partial charge < -0.3 is 9.30 Å². The standard InChI is InChI=1S/C29H24ClN3O3/c1-16-9-12-18(13-10-16)24-23-25(31(3)29(35)32(4)28(23)34)26-27(19-7-5-6-8-20(19)30)36-22-14-11-17(2)15-21(22)33(24)26/h5-15,27H,1-4H3/t27-/m0/s1. The summed E-state index contributed by atoms with van der Waals surface area (Å²) in [6, 6.07) is 21.6. The lowest BCUT2D eigenvalue weighted by molar-refractivity contribution is 0.229. The molecule has 3 aromatic carbocycles. The van der Waals surface area contributed by atoms with E-state index in [1.165, 1.54) is 11.6 Å². The van der Waals surface area contributed by atoms with Crippen molar-refractivity contribution < 1.29 is 4.74 Å². The normalized spacial score (nSPS) is 14.4. The maximum Gasteiger partial charge on any atom is 0.331 e. The third-order valence-electron chi connectivity index (χ3n) is 6.97. The summed E-state index contributed by atoms with van der Waals surface area (Å²) >= 11 is 6.67. The molecular formula is C29H24ClN3O3. The van der Waals surface area contributed by atoms with Gasteiger partial charge in [0.25, 0.3) is 5.56 Å². The number of ether oxygens (including phenoxy) is 1. The minimum Gasteiger partial charge on any atom is -0.477 e. The van der Waals surface area contributed by atoms with E-state index < -0.39 is 11.8 Å². The molecule has 1 aliphatic heterocycles. The summed E-state index contributed by atoms with van der Waals surface area (Å²) in [6.07, 6.45) is -0.631. The molecule has 1 atom stereocenters. The Morgan fingerprint density at radius 3 is 2.28 bits per heavy atom. The third kappa shape index (κ3) is 3.11. The molecule has 0 N–H and O–H groups in total. The van der Waals surface area contributed by atoms with Crippen LogP contribution >= 0.6 is 11.6 Å². The van der Waals surface area contributed by atoms with E-state index >= 15 is 0 Å². The molecule has 0 radical (unpaired) electrons. The van der Waals surface area contributed by atoms with Crippen molar-refractivity contribution in [2.75, 3.05) is 0 Å². The molecule has 36 heavy (non-hydrogen) atoms. The molecule has 2 aromatic heterocycles. The summed E-state index contributed by atoms with van der Waals surface area (Å²) in [5, 5.41) is 1.01. The molecule has 5 aromatic rings. The number of hydrogen-bond donors (Lipinski definition) is 0. The summed E-state index contributed by atoms with van der Waals surface area (Å²) in [4.78, 5) is 26.9. The molecule has 7 heteroatoms. The second kappa shape index (κ2) is 8.00. The predicted molar refractivity (Wildman–Crippen MR) is 143 cm³/mol. The Labute approximate surface area is 212 Å². The maximum absolute atomic E-state index is 13.7. The first-order valence-corrected chi connectivity index (χ1v) is 12.1. The first kappa shape index (κ1) is 22.4. The monoisotopic (exact) mass is 497 g/mol. The summed E-state index contributed by atoms with van der Waals surface area (Å²) in [6.45, 7) is 4.04. The van der Waals surface area contributed by atoms with Crippen molar-refractivity contribution in [3.05, 3.63) is 115 Å². The van der Waals surface area contributed by atoms with Gasteiger partial charge in [-0.1, -0.05) is 65.7 Å². The van der Waals surface area contributed by atoms with E-state index in [-0.39, 0.29) is 5.56 Å². The van der Waals surface area contributed by atoms with Gasteiger partial charge in [0.1, 0.15) is 5.75 Å². The molecule has 0 unspecified atom stereocenters. The van der Waals surface area contributed by atoms with Gasteiger partial charge in [-0.3, -0.25) is 13.9 Å². The van der Waals surface area contributed by atoms with E-state index in [9.17, 15) is 9.59 Å². The Hall–Kier alpha value is -4.03. The highest BCUT2D eigenvalue weighted by atomic mass is 35.5. The zero-order valence-electron chi connectivity index (χ0n) is 20.4. The van der Waals surface area contributed by atoms with Crippen molar-refractivity contribution in [2.24, 2.45) is 14.1 Å². The summed E-state index contributed by atoms with van der Waals surface area (Å²) < 4.78 is 11.4. The quantitative estimate of drug-likeness (QED) is 0.326. The van der Waals surface area contributed by atoms with Crippen LogP contribution in [-0.4, -0.2) is 13.7 Å². The van der Waals surface area contributed by atoms with Gasteiger partial charge in [-0.05, 0) is 43.2 Å². The minimum atomic E-state index is -0.631. The van der Waals surface area contributed by atoms with Crippen LogP contribution in [0, 0.1) is 13.8 Å². The number of aryl methyl sites for hydroxylation is 3. The topological polar surface area (TPSA) is 58.2 Å². The fourth-order valence-corrected chi connectivity index (χ4v) is 5.39. The zero-order valence-corrected chi connectivity index (χ0v) is 21.1. The first-order valence-electron chi connectivity index (χ1n) is 11.7. The van der Waals surface area contributed by atoms with Crippen LogP contribution in [0.5, 0.6) is 5.75 Å². The van der Waals surface area contributed by atoms with Gasteiger partial charge >= 0.3 is 5.69 Å². The first-order chi connectivity index (χ1) is 17.3. The highest BCUT2D eigenvalue weighted by Gasteiger charge is 2.37. The molecule has 0 spiro atoms. The van der Waals surface area contributed by atoms with E-state index in [0.717, 1.165) is 38.2 Å². The Morgan fingerprint density at radius 1 is 0.861 bits per heavy atom. The largest absolute Gasteiger partial charge is 0.477 e. The van der Waals surface area contributed by atoms with Crippen LogP contribution in [0.4, 0.5) is 0 Å². The molecule has 180 valence electrons. The molecule has 0 amide bonds. The van der Waals surface area contributed by atoms with Gasteiger partial charge in [0, 0.05) is 24.7 Å². The summed E-state index contributed by atoms with van der Waals surface area (Å²) in [5.41, 5.74) is 5.82. The molecular weight excluding hydrogens is 474 g/mol. The number of hydrogen-bond acceptors (Lipinski definition) is 3. The number of fused-ring (bicyclic) bond motifs is 5. The highest BCUT2D eigenvalue weighted by molar-refractivity contribution is 6.31. The number of benzene rings is 3. The van der Waals surface area contributed by atoms with Crippen molar-refractivity contribution in [2.45, 2.75) is 20.0 Å². The van der Waals surface area contributed by atoms with Gasteiger partial charge in [0.2, 0.25) is 0 Å². The van der Waals surface area contributed by atoms with Gasteiger partial charge in [-0.2, -0.15) is 0 Å². The average Bonchev–Trinajstić information content (AvgIpc) is 3.23. The second-order valence-corrected chi connectivity index (χ2v) is 9.76. The van der Waals surface area contributed by atoms with Crippen molar-refractivity contribution in [1.29, 1.82) is 0 Å². The lowest BCUT2D eigenvalue weighted by Crippen LogP contribution is -2.37. The molecule has 0 saturated heterocycles. The van der Waals surface area contributed by atoms with Crippen LogP contribution in [0.15, 0.2) is 76.3 Å². The van der Waals surface area contributed by atoms with Crippen molar-refractivity contribution in [1.82, 2.24) is 13.7 Å². The Kier molecular flexibility index (Phi) is 4.99. The molecule has 1 aliphatic rings. The Bertz CT molecular complexity index is 1810. The SMILES string of the molecule is Cc1ccc(-c2c3c(=O)n(C)c(=O)n(C)c3c3n2-c2cc(C)ccc2O[C@H]3c2ccccc2Cl)cc1. The van der Waals surface area contributed by atoms with Crippen LogP contribution in [0.2, 0.25) is 5.02 Å². The second-order valence-electron chi connectivity index (χ2n) is 9.36. The minimum absolute atomic E-state index is 0.349. The predicted octanol–water partition coefficient (Wildman–Crippen LogP) is 5.45. The molecule has 0 aliphatic carbocycles. The lowest BCUT2D eigenvalue weighted by atomic mass is 10.0. The molecule has 0 fully saturated rings.